The third kappa shape index (κ3) is 7.88. The lowest BCUT2D eigenvalue weighted by Gasteiger charge is -2.13. The molecule has 0 spiro atoms. The lowest BCUT2D eigenvalue weighted by molar-refractivity contribution is 1.07. The number of benzene rings is 13. The van der Waals surface area contributed by atoms with Gasteiger partial charge in [0.15, 0.2) is 17.5 Å². The van der Waals surface area contributed by atoms with Gasteiger partial charge in [-0.3, -0.25) is 0 Å². The van der Waals surface area contributed by atoms with Crippen LogP contribution in [0.15, 0.2) is 309 Å². The minimum absolute atomic E-state index is 0.593. The van der Waals surface area contributed by atoms with Gasteiger partial charge in [0.05, 0.1) is 44.1 Å². The maximum absolute atomic E-state index is 5.36. The first kappa shape index (κ1) is 49.5. The molecule has 5 aromatic heterocycles. The molecule has 0 aliphatic heterocycles. The fourth-order valence-electron chi connectivity index (χ4n) is 13.8. The summed E-state index contributed by atoms with van der Waals surface area (Å²) in [4.78, 5) is 15.8. The van der Waals surface area contributed by atoms with E-state index in [0.717, 1.165) is 61.5 Å². The van der Waals surface area contributed by atoms with E-state index in [2.05, 4.69) is 309 Å². The van der Waals surface area contributed by atoms with E-state index in [1.165, 1.54) is 87.4 Å². The summed E-state index contributed by atoms with van der Waals surface area (Å²) in [5.41, 5.74) is 21.0. The van der Waals surface area contributed by atoms with E-state index in [0.29, 0.717) is 17.5 Å². The molecule has 0 bridgehead atoms. The second kappa shape index (κ2) is 19.8. The third-order valence-electron chi connectivity index (χ3n) is 17.8. The molecule has 0 saturated carbocycles. The van der Waals surface area contributed by atoms with Crippen LogP contribution in [0.2, 0.25) is 0 Å². The van der Waals surface area contributed by atoms with Crippen LogP contribution in [0.5, 0.6) is 0 Å². The molecule has 0 amide bonds. The Morgan fingerprint density at radius 2 is 0.409 bits per heavy atom. The second-order valence-electron chi connectivity index (χ2n) is 22.8. The largest absolute Gasteiger partial charge is 0.309 e. The number of hydrogen-bond acceptors (Lipinski definition) is 3. The van der Waals surface area contributed by atoms with Crippen molar-refractivity contribution >= 4 is 87.2 Å². The second-order valence-corrected chi connectivity index (χ2v) is 22.8. The molecule has 0 unspecified atom stereocenters. The van der Waals surface area contributed by atoms with Crippen LogP contribution in [0.1, 0.15) is 0 Å². The Balaban J connectivity index is 0.725. The van der Waals surface area contributed by atoms with E-state index < -0.39 is 0 Å². The molecule has 7 nitrogen and oxygen atoms in total. The highest BCUT2D eigenvalue weighted by Gasteiger charge is 2.21. The number of rotatable bonds is 9. The zero-order valence-corrected chi connectivity index (χ0v) is 47.6. The van der Waals surface area contributed by atoms with Gasteiger partial charge in [-0.05, 0) is 144 Å². The van der Waals surface area contributed by atoms with Crippen molar-refractivity contribution in [2.75, 3.05) is 0 Å². The van der Waals surface area contributed by atoms with E-state index >= 15 is 0 Å². The fraction of sp³-hybridized carbons (Fsp3) is 0. The number of para-hydroxylation sites is 6. The van der Waals surface area contributed by atoms with E-state index in [4.69, 9.17) is 15.0 Å². The van der Waals surface area contributed by atoms with Crippen molar-refractivity contribution in [1.29, 1.82) is 0 Å². The maximum atomic E-state index is 5.36. The first-order valence-electron chi connectivity index (χ1n) is 29.9. The van der Waals surface area contributed by atoms with Gasteiger partial charge in [0, 0.05) is 82.5 Å². The molecule has 18 aromatic rings. The standard InChI is InChI=1S/C81H51N7/c1-4-20-52(21-5-1)79-82-80(57-22-18-28-61(46-57)87-73-36-16-12-32-65(73)69-50-55(40-44-77(69)87)53-38-42-75-67(48-53)63-30-10-14-34-71(63)85(75)59-24-6-2-7-25-59)84-81(83-79)58-23-19-29-62(47-58)88-74-37-17-13-33-66(74)70-51-56(41-45-78(70)88)54-39-43-76-68(49-54)64-31-11-15-35-72(64)86(76)60-26-8-3-9-27-60/h1-51H. The summed E-state index contributed by atoms with van der Waals surface area (Å²) in [6, 6.07) is 111. The first-order valence-corrected chi connectivity index (χ1v) is 29.9. The van der Waals surface area contributed by atoms with E-state index in [1.54, 1.807) is 0 Å². The summed E-state index contributed by atoms with van der Waals surface area (Å²) in [5.74, 6) is 1.79. The Hall–Kier alpha value is -11.9. The Morgan fingerprint density at radius 1 is 0.159 bits per heavy atom. The zero-order chi connectivity index (χ0) is 57.8. The Kier molecular flexibility index (Phi) is 11.2. The smallest absolute Gasteiger partial charge is 0.164 e. The van der Waals surface area contributed by atoms with E-state index in [9.17, 15) is 0 Å². The normalized spacial score (nSPS) is 11.9. The predicted molar refractivity (Wildman–Crippen MR) is 364 cm³/mol. The van der Waals surface area contributed by atoms with Crippen molar-refractivity contribution in [1.82, 2.24) is 33.2 Å². The molecule has 7 heteroatoms. The molecule has 0 atom stereocenters. The molecule has 88 heavy (non-hydrogen) atoms. The third-order valence-corrected chi connectivity index (χ3v) is 17.8. The molecular weight excluding hydrogens is 1070 g/mol. The molecule has 5 heterocycles. The van der Waals surface area contributed by atoms with Gasteiger partial charge in [0.25, 0.3) is 0 Å². The minimum Gasteiger partial charge on any atom is -0.309 e. The van der Waals surface area contributed by atoms with Gasteiger partial charge in [0.1, 0.15) is 0 Å². The number of hydrogen-bond donors (Lipinski definition) is 0. The molecule has 18 rings (SSSR count). The average Bonchev–Trinajstić information content (AvgIpc) is 2.08. The van der Waals surface area contributed by atoms with Crippen molar-refractivity contribution < 1.29 is 0 Å². The number of nitrogens with zero attached hydrogens (tertiary/aromatic N) is 7. The summed E-state index contributed by atoms with van der Waals surface area (Å²) in [6.45, 7) is 0. The number of fused-ring (bicyclic) bond motifs is 12. The van der Waals surface area contributed by atoms with Crippen LogP contribution in [0.3, 0.4) is 0 Å². The van der Waals surface area contributed by atoms with Crippen LogP contribution in [0, 0.1) is 0 Å². The monoisotopic (exact) mass is 1120 g/mol. The average molecular weight is 1120 g/mol. The van der Waals surface area contributed by atoms with Gasteiger partial charge in [-0.2, -0.15) is 0 Å². The maximum Gasteiger partial charge on any atom is 0.164 e. The lowest BCUT2D eigenvalue weighted by atomic mass is 10.0. The SMILES string of the molecule is c1ccc(-c2nc(-c3cccc(-n4c5ccccc5c5cc(-c6ccc7c(c6)c6ccccc6n7-c6ccccc6)ccc54)c3)nc(-c3cccc(-n4c5ccccc5c5cc(-c6ccc7c(c6)c6ccccc6n7-c6ccccc6)ccc54)c3)n2)cc1. The van der Waals surface area contributed by atoms with Crippen molar-refractivity contribution in [3.05, 3.63) is 309 Å². The molecule has 0 N–H and O–H groups in total. The lowest BCUT2D eigenvalue weighted by Crippen LogP contribution is -2.02. The summed E-state index contributed by atoms with van der Waals surface area (Å²) in [7, 11) is 0. The van der Waals surface area contributed by atoms with Crippen molar-refractivity contribution in [3.8, 4) is 79.2 Å². The Morgan fingerprint density at radius 3 is 0.750 bits per heavy atom. The van der Waals surface area contributed by atoms with Crippen LogP contribution in [0.25, 0.3) is 166 Å². The van der Waals surface area contributed by atoms with Crippen LogP contribution in [-0.4, -0.2) is 33.2 Å². The minimum atomic E-state index is 0.593. The fourth-order valence-corrected chi connectivity index (χ4v) is 13.8. The quantitative estimate of drug-likeness (QED) is 0.145. The Bertz CT molecular complexity index is 5470. The van der Waals surface area contributed by atoms with Gasteiger partial charge in [-0.25, -0.2) is 15.0 Å². The summed E-state index contributed by atoms with van der Waals surface area (Å²) in [5, 5.41) is 9.67. The molecule has 0 radical (unpaired) electrons. The predicted octanol–water partition coefficient (Wildman–Crippen LogP) is 20.6. The van der Waals surface area contributed by atoms with Crippen molar-refractivity contribution in [2.45, 2.75) is 0 Å². The Labute approximate surface area is 506 Å². The molecule has 13 aromatic carbocycles. The molecular formula is C81H51N7. The zero-order valence-electron chi connectivity index (χ0n) is 47.6. The van der Waals surface area contributed by atoms with Crippen LogP contribution in [-0.2, 0) is 0 Å². The van der Waals surface area contributed by atoms with Gasteiger partial charge >= 0.3 is 0 Å². The van der Waals surface area contributed by atoms with Crippen molar-refractivity contribution in [2.24, 2.45) is 0 Å². The van der Waals surface area contributed by atoms with Gasteiger partial charge in [-0.15, -0.1) is 0 Å². The summed E-state index contributed by atoms with van der Waals surface area (Å²) in [6.07, 6.45) is 0. The van der Waals surface area contributed by atoms with Crippen LogP contribution < -0.4 is 0 Å². The molecule has 0 aliphatic rings. The highest BCUT2D eigenvalue weighted by Crippen LogP contribution is 2.42. The van der Waals surface area contributed by atoms with Gasteiger partial charge < -0.3 is 18.3 Å². The van der Waals surface area contributed by atoms with Gasteiger partial charge in [-0.1, -0.05) is 188 Å². The summed E-state index contributed by atoms with van der Waals surface area (Å²) < 4.78 is 9.48. The van der Waals surface area contributed by atoms with Gasteiger partial charge in [0.2, 0.25) is 0 Å². The molecule has 0 aliphatic carbocycles. The first-order chi connectivity index (χ1) is 43.6. The molecule has 410 valence electrons. The van der Waals surface area contributed by atoms with Crippen LogP contribution >= 0.6 is 0 Å². The highest BCUT2D eigenvalue weighted by molar-refractivity contribution is 6.15. The molecule has 0 fully saturated rings. The topological polar surface area (TPSA) is 58.4 Å². The number of aromatic nitrogens is 7. The summed E-state index contributed by atoms with van der Waals surface area (Å²) >= 11 is 0. The molecule has 0 saturated heterocycles. The van der Waals surface area contributed by atoms with E-state index in [-0.39, 0.29) is 0 Å². The highest BCUT2D eigenvalue weighted by atomic mass is 15.0. The van der Waals surface area contributed by atoms with Crippen molar-refractivity contribution in [3.63, 3.8) is 0 Å². The van der Waals surface area contributed by atoms with E-state index in [1.807, 2.05) is 18.2 Å². The van der Waals surface area contributed by atoms with Crippen LogP contribution in [0.4, 0.5) is 0 Å².